The Hall–Kier alpha value is -2.66. The fourth-order valence-electron chi connectivity index (χ4n) is 3.53. The quantitative estimate of drug-likeness (QED) is 0.576. The standard InChI is InChI=1S/C21H19ClFNO3/c1-2-9-21(20(26)27)12-16(24-19(21)25)10-13-3-5-14(6-4-13)17-11-15(22)7-8-18(17)23/h2-8,11,16H,1,9-10,12H2,(H,24,25)(H,26,27)/t16-,21?/m1/s1. The predicted octanol–water partition coefficient (Wildman–Crippen LogP) is 4.22. The molecule has 27 heavy (non-hydrogen) atoms. The zero-order valence-electron chi connectivity index (χ0n) is 14.5. The van der Waals surface area contributed by atoms with Crippen molar-refractivity contribution in [3.05, 3.63) is 71.5 Å². The maximum atomic E-state index is 14.0. The Morgan fingerprint density at radius 3 is 2.67 bits per heavy atom. The van der Waals surface area contributed by atoms with Gasteiger partial charge in [-0.15, -0.1) is 6.58 Å². The molecule has 1 aliphatic rings. The van der Waals surface area contributed by atoms with Crippen molar-refractivity contribution in [2.45, 2.75) is 25.3 Å². The number of hydrogen-bond acceptors (Lipinski definition) is 2. The van der Waals surface area contributed by atoms with Crippen molar-refractivity contribution < 1.29 is 19.1 Å². The molecule has 0 bridgehead atoms. The van der Waals surface area contributed by atoms with Crippen molar-refractivity contribution in [2.24, 2.45) is 5.41 Å². The van der Waals surface area contributed by atoms with E-state index in [9.17, 15) is 19.1 Å². The van der Waals surface area contributed by atoms with Gasteiger partial charge in [-0.3, -0.25) is 9.59 Å². The smallest absolute Gasteiger partial charge is 0.319 e. The van der Waals surface area contributed by atoms with Crippen molar-refractivity contribution in [3.63, 3.8) is 0 Å². The monoisotopic (exact) mass is 387 g/mol. The molecule has 140 valence electrons. The third-order valence-electron chi connectivity index (χ3n) is 4.94. The summed E-state index contributed by atoms with van der Waals surface area (Å²) in [6.07, 6.45) is 2.26. The van der Waals surface area contributed by atoms with Gasteiger partial charge >= 0.3 is 5.97 Å². The predicted molar refractivity (Wildman–Crippen MR) is 102 cm³/mol. The van der Waals surface area contributed by atoms with Gasteiger partial charge in [0.05, 0.1) is 0 Å². The number of carboxylic acid groups (broad SMARTS) is 1. The number of hydrogen-bond donors (Lipinski definition) is 2. The van der Waals surface area contributed by atoms with E-state index in [1.54, 1.807) is 18.2 Å². The second-order valence-corrected chi connectivity index (χ2v) is 7.22. The zero-order valence-corrected chi connectivity index (χ0v) is 15.3. The van der Waals surface area contributed by atoms with Gasteiger partial charge in [0, 0.05) is 16.6 Å². The molecule has 1 aliphatic heterocycles. The first-order valence-corrected chi connectivity index (χ1v) is 8.93. The van der Waals surface area contributed by atoms with Crippen LogP contribution in [0, 0.1) is 11.2 Å². The Balaban J connectivity index is 1.76. The van der Waals surface area contributed by atoms with Crippen LogP contribution in [0.4, 0.5) is 4.39 Å². The Morgan fingerprint density at radius 1 is 1.33 bits per heavy atom. The van der Waals surface area contributed by atoms with Crippen LogP contribution < -0.4 is 5.32 Å². The van der Waals surface area contributed by atoms with Crippen LogP contribution in [0.25, 0.3) is 11.1 Å². The van der Waals surface area contributed by atoms with Crippen molar-refractivity contribution in [3.8, 4) is 11.1 Å². The lowest BCUT2D eigenvalue weighted by Crippen LogP contribution is -2.38. The average molecular weight is 388 g/mol. The highest BCUT2D eigenvalue weighted by Gasteiger charge is 2.51. The van der Waals surface area contributed by atoms with Crippen LogP contribution in [-0.2, 0) is 16.0 Å². The number of nitrogens with one attached hydrogen (secondary N) is 1. The van der Waals surface area contributed by atoms with Crippen LogP contribution in [0.15, 0.2) is 55.1 Å². The van der Waals surface area contributed by atoms with E-state index in [0.29, 0.717) is 22.6 Å². The van der Waals surface area contributed by atoms with Crippen LogP contribution in [-0.4, -0.2) is 23.0 Å². The van der Waals surface area contributed by atoms with E-state index in [1.807, 2.05) is 12.1 Å². The van der Waals surface area contributed by atoms with Gasteiger partial charge in [-0.25, -0.2) is 4.39 Å². The molecule has 0 spiro atoms. The fourth-order valence-corrected chi connectivity index (χ4v) is 3.70. The summed E-state index contributed by atoms with van der Waals surface area (Å²) in [5.74, 6) is -1.96. The third-order valence-corrected chi connectivity index (χ3v) is 5.18. The molecule has 1 saturated heterocycles. The number of aliphatic carboxylic acids is 1. The van der Waals surface area contributed by atoms with Crippen molar-refractivity contribution in [1.29, 1.82) is 0 Å². The van der Waals surface area contributed by atoms with Crippen LogP contribution in [0.2, 0.25) is 5.02 Å². The number of halogens is 2. The molecule has 6 heteroatoms. The largest absolute Gasteiger partial charge is 0.480 e. The van der Waals surface area contributed by atoms with E-state index in [-0.39, 0.29) is 24.7 Å². The number of rotatable bonds is 6. The molecular weight excluding hydrogens is 369 g/mol. The van der Waals surface area contributed by atoms with Gasteiger partial charge in [-0.05, 0) is 48.6 Å². The SMILES string of the molecule is C=CCC1(C(=O)O)C[C@@H](Cc2ccc(-c3cc(Cl)ccc3F)cc2)NC1=O. The first-order chi connectivity index (χ1) is 12.9. The first-order valence-electron chi connectivity index (χ1n) is 8.55. The molecule has 2 aromatic rings. The second kappa shape index (κ2) is 7.53. The average Bonchev–Trinajstić information content (AvgIpc) is 2.94. The molecule has 0 saturated carbocycles. The summed E-state index contributed by atoms with van der Waals surface area (Å²) < 4.78 is 14.0. The second-order valence-electron chi connectivity index (χ2n) is 6.78. The molecule has 2 atom stereocenters. The van der Waals surface area contributed by atoms with Gasteiger partial charge in [-0.2, -0.15) is 0 Å². The van der Waals surface area contributed by atoms with E-state index in [2.05, 4.69) is 11.9 Å². The number of allylic oxidation sites excluding steroid dienone is 1. The zero-order chi connectivity index (χ0) is 19.6. The third kappa shape index (κ3) is 3.74. The maximum Gasteiger partial charge on any atom is 0.319 e. The summed E-state index contributed by atoms with van der Waals surface area (Å²) in [4.78, 5) is 23.9. The topological polar surface area (TPSA) is 66.4 Å². The lowest BCUT2D eigenvalue weighted by molar-refractivity contribution is -0.153. The van der Waals surface area contributed by atoms with E-state index in [1.165, 1.54) is 18.2 Å². The van der Waals surface area contributed by atoms with E-state index >= 15 is 0 Å². The highest BCUT2D eigenvalue weighted by atomic mass is 35.5. The van der Waals surface area contributed by atoms with Gasteiger partial charge in [0.1, 0.15) is 5.82 Å². The van der Waals surface area contributed by atoms with Crippen LogP contribution >= 0.6 is 11.6 Å². The summed E-state index contributed by atoms with van der Waals surface area (Å²) in [7, 11) is 0. The van der Waals surface area contributed by atoms with Crippen molar-refractivity contribution in [1.82, 2.24) is 5.32 Å². The number of carbonyl (C=O) groups excluding carboxylic acids is 1. The molecule has 0 aromatic heterocycles. The molecule has 1 unspecified atom stereocenters. The lowest BCUT2D eigenvalue weighted by atomic mass is 9.80. The number of amides is 1. The van der Waals surface area contributed by atoms with E-state index < -0.39 is 17.3 Å². The van der Waals surface area contributed by atoms with Gasteiger partial charge in [0.2, 0.25) is 5.91 Å². The molecule has 3 rings (SSSR count). The van der Waals surface area contributed by atoms with Crippen LogP contribution in [0.3, 0.4) is 0 Å². The molecule has 1 fully saturated rings. The minimum atomic E-state index is -1.45. The maximum absolute atomic E-state index is 14.0. The van der Waals surface area contributed by atoms with Crippen molar-refractivity contribution >= 4 is 23.5 Å². The Kier molecular flexibility index (Phi) is 5.33. The Bertz CT molecular complexity index is 897. The minimum absolute atomic E-state index is 0.0949. The summed E-state index contributed by atoms with van der Waals surface area (Å²) >= 11 is 5.94. The summed E-state index contributed by atoms with van der Waals surface area (Å²) in [6, 6.07) is 11.4. The summed E-state index contributed by atoms with van der Waals surface area (Å²) in [5, 5.41) is 12.7. The van der Waals surface area contributed by atoms with E-state index in [4.69, 9.17) is 11.6 Å². The molecule has 0 aliphatic carbocycles. The molecule has 2 N–H and O–H groups in total. The highest BCUT2D eigenvalue weighted by molar-refractivity contribution is 6.30. The summed E-state index contributed by atoms with van der Waals surface area (Å²) in [6.45, 7) is 3.56. The Morgan fingerprint density at radius 2 is 2.04 bits per heavy atom. The van der Waals surface area contributed by atoms with Crippen LogP contribution in [0.5, 0.6) is 0 Å². The molecule has 4 nitrogen and oxygen atoms in total. The normalized spacial score (nSPS) is 21.7. The molecule has 1 heterocycles. The van der Waals surface area contributed by atoms with E-state index in [0.717, 1.165) is 5.56 Å². The molecule has 0 radical (unpaired) electrons. The van der Waals surface area contributed by atoms with Gasteiger partial charge in [0.15, 0.2) is 5.41 Å². The van der Waals surface area contributed by atoms with Crippen molar-refractivity contribution in [2.75, 3.05) is 0 Å². The number of benzene rings is 2. The van der Waals surface area contributed by atoms with Crippen LogP contribution in [0.1, 0.15) is 18.4 Å². The number of carboxylic acids is 1. The minimum Gasteiger partial charge on any atom is -0.480 e. The van der Waals surface area contributed by atoms with Gasteiger partial charge < -0.3 is 10.4 Å². The van der Waals surface area contributed by atoms with Gasteiger partial charge in [0.25, 0.3) is 0 Å². The lowest BCUT2D eigenvalue weighted by Gasteiger charge is -2.18. The fraction of sp³-hybridized carbons (Fsp3) is 0.238. The van der Waals surface area contributed by atoms with Gasteiger partial charge in [-0.1, -0.05) is 41.9 Å². The first kappa shape index (κ1) is 19.1. The summed E-state index contributed by atoms with van der Waals surface area (Å²) in [5.41, 5.74) is 0.585. The Labute approximate surface area is 161 Å². The number of carbonyl (C=O) groups is 2. The molecule has 2 aromatic carbocycles. The molecule has 1 amide bonds. The molecular formula is C21H19ClFNO3. The highest BCUT2D eigenvalue weighted by Crippen LogP contribution is 2.36.